The third kappa shape index (κ3) is 5.09. The number of ether oxygens (including phenoxy) is 2. The molecular weight excluding hydrogens is 294 g/mol. The minimum absolute atomic E-state index is 0.0373. The first-order chi connectivity index (χ1) is 11.1. The van der Waals surface area contributed by atoms with Crippen LogP contribution in [0.25, 0.3) is 0 Å². The van der Waals surface area contributed by atoms with Crippen LogP contribution in [0.3, 0.4) is 0 Å². The number of esters is 1. The van der Waals surface area contributed by atoms with E-state index in [4.69, 9.17) is 9.47 Å². The number of nitrogens with one attached hydrogen (secondary N) is 1. The van der Waals surface area contributed by atoms with Gasteiger partial charge in [0.05, 0.1) is 13.0 Å². The van der Waals surface area contributed by atoms with Crippen molar-refractivity contribution in [2.24, 2.45) is 16.3 Å². The number of hydrogen-bond acceptors (Lipinski definition) is 4. The highest BCUT2D eigenvalue weighted by Crippen LogP contribution is 2.48. The van der Waals surface area contributed by atoms with Gasteiger partial charge in [-0.3, -0.25) is 9.79 Å². The molecule has 1 aliphatic heterocycles. The molecule has 6 heteroatoms. The lowest BCUT2D eigenvalue weighted by Gasteiger charge is -2.33. The topological polar surface area (TPSA) is 63.2 Å². The van der Waals surface area contributed by atoms with Gasteiger partial charge in [0.1, 0.15) is 0 Å². The Morgan fingerprint density at radius 1 is 1.35 bits per heavy atom. The van der Waals surface area contributed by atoms with Crippen LogP contribution in [0, 0.1) is 11.3 Å². The molecule has 2 fully saturated rings. The fourth-order valence-corrected chi connectivity index (χ4v) is 3.22. The molecule has 0 aromatic heterocycles. The van der Waals surface area contributed by atoms with Crippen LogP contribution in [-0.4, -0.2) is 63.8 Å². The zero-order valence-corrected chi connectivity index (χ0v) is 14.8. The van der Waals surface area contributed by atoms with Crippen LogP contribution >= 0.6 is 0 Å². The summed E-state index contributed by atoms with van der Waals surface area (Å²) < 4.78 is 10.3. The molecule has 0 bridgehead atoms. The summed E-state index contributed by atoms with van der Waals surface area (Å²) in [5.41, 5.74) is 0.398. The molecular formula is C17H31N3O3. The largest absolute Gasteiger partial charge is 0.469 e. The third-order valence-corrected chi connectivity index (χ3v) is 5.10. The average molecular weight is 325 g/mol. The van der Waals surface area contributed by atoms with Crippen LogP contribution in [0.4, 0.5) is 0 Å². The molecule has 1 aliphatic carbocycles. The first-order valence-corrected chi connectivity index (χ1v) is 8.75. The lowest BCUT2D eigenvalue weighted by molar-refractivity contribution is -0.146. The summed E-state index contributed by atoms with van der Waals surface area (Å²) in [7, 11) is 3.29. The molecule has 0 aromatic carbocycles. The molecule has 0 aromatic rings. The Labute approximate surface area is 139 Å². The Hall–Kier alpha value is -1.30. The molecule has 2 aliphatic rings. The molecule has 0 unspecified atom stereocenters. The summed E-state index contributed by atoms with van der Waals surface area (Å²) in [5, 5.41) is 3.53. The summed E-state index contributed by atoms with van der Waals surface area (Å²) in [6.07, 6.45) is 5.34. The van der Waals surface area contributed by atoms with E-state index in [9.17, 15) is 4.79 Å². The number of carbonyl (C=O) groups is 1. The lowest BCUT2D eigenvalue weighted by atomic mass is 9.97. The van der Waals surface area contributed by atoms with Crippen LogP contribution < -0.4 is 5.32 Å². The predicted molar refractivity (Wildman–Crippen MR) is 90.5 cm³/mol. The first kappa shape index (κ1) is 18.0. The molecule has 1 heterocycles. The van der Waals surface area contributed by atoms with Crippen molar-refractivity contribution >= 4 is 11.9 Å². The zero-order chi connectivity index (χ0) is 16.7. The van der Waals surface area contributed by atoms with Crippen LogP contribution in [0.5, 0.6) is 0 Å². The molecule has 0 atom stereocenters. The molecule has 0 spiro atoms. The van der Waals surface area contributed by atoms with E-state index in [0.29, 0.717) is 5.41 Å². The summed E-state index contributed by atoms with van der Waals surface area (Å²) in [6.45, 7) is 6.35. The number of carbonyl (C=O) groups excluding carboxylic acids is 1. The molecule has 1 saturated carbocycles. The maximum atomic E-state index is 11.6. The zero-order valence-electron chi connectivity index (χ0n) is 14.8. The van der Waals surface area contributed by atoms with Crippen LogP contribution in [0.1, 0.15) is 39.0 Å². The second kappa shape index (κ2) is 8.52. The van der Waals surface area contributed by atoms with E-state index >= 15 is 0 Å². The van der Waals surface area contributed by atoms with Gasteiger partial charge >= 0.3 is 5.97 Å². The minimum Gasteiger partial charge on any atom is -0.469 e. The van der Waals surface area contributed by atoms with Crippen molar-refractivity contribution in [3.8, 4) is 0 Å². The summed E-state index contributed by atoms with van der Waals surface area (Å²) in [6, 6.07) is 0. The number of aliphatic imine (C=N–C) groups is 1. The Bertz CT molecular complexity index is 413. The van der Waals surface area contributed by atoms with Gasteiger partial charge in [-0.1, -0.05) is 0 Å². The quantitative estimate of drug-likeness (QED) is 0.334. The Kier molecular flexibility index (Phi) is 6.69. The molecule has 1 saturated heterocycles. The van der Waals surface area contributed by atoms with Crippen molar-refractivity contribution in [3.05, 3.63) is 0 Å². The van der Waals surface area contributed by atoms with E-state index < -0.39 is 0 Å². The van der Waals surface area contributed by atoms with Gasteiger partial charge in [0.25, 0.3) is 0 Å². The smallest absolute Gasteiger partial charge is 0.308 e. The number of hydrogen-bond donors (Lipinski definition) is 1. The van der Waals surface area contributed by atoms with Crippen LogP contribution in [-0.2, 0) is 14.3 Å². The van der Waals surface area contributed by atoms with Crippen LogP contribution in [0.2, 0.25) is 0 Å². The van der Waals surface area contributed by atoms with Crippen molar-refractivity contribution in [2.45, 2.75) is 39.0 Å². The highest BCUT2D eigenvalue weighted by molar-refractivity contribution is 5.80. The summed E-state index contributed by atoms with van der Waals surface area (Å²) in [5.74, 6) is 0.909. The van der Waals surface area contributed by atoms with Crippen molar-refractivity contribution in [3.63, 3.8) is 0 Å². The number of piperidine rings is 1. The highest BCUT2D eigenvalue weighted by Gasteiger charge is 2.42. The fraction of sp³-hybridized carbons (Fsp3) is 0.882. The number of likely N-dealkylation sites (tertiary alicyclic amines) is 1. The van der Waals surface area contributed by atoms with Gasteiger partial charge in [-0.25, -0.2) is 0 Å². The predicted octanol–water partition coefficient (Wildman–Crippen LogP) is 1.65. The first-order valence-electron chi connectivity index (χ1n) is 8.75. The van der Waals surface area contributed by atoms with Gasteiger partial charge in [0, 0.05) is 39.9 Å². The standard InChI is InChI=1S/C17H31N3O3/c1-4-23-12-9-17(7-8-17)13-19-16(18-2)20-10-5-14(6-11-20)15(21)22-3/h14H,4-13H2,1-3H3,(H,18,19). The van der Waals surface area contributed by atoms with Crippen LogP contribution in [0.15, 0.2) is 4.99 Å². The second-order valence-corrected chi connectivity index (χ2v) is 6.63. The maximum absolute atomic E-state index is 11.6. The van der Waals surface area contributed by atoms with E-state index in [-0.39, 0.29) is 11.9 Å². The van der Waals surface area contributed by atoms with Gasteiger partial charge in [0.15, 0.2) is 5.96 Å². The summed E-state index contributed by atoms with van der Waals surface area (Å²) in [4.78, 5) is 18.3. The number of nitrogens with zero attached hydrogens (tertiary/aromatic N) is 2. The monoisotopic (exact) mass is 325 g/mol. The number of guanidine groups is 1. The Morgan fingerprint density at radius 3 is 2.57 bits per heavy atom. The highest BCUT2D eigenvalue weighted by atomic mass is 16.5. The van der Waals surface area contributed by atoms with E-state index in [1.54, 1.807) is 0 Å². The number of rotatable bonds is 7. The Morgan fingerprint density at radius 2 is 2.04 bits per heavy atom. The minimum atomic E-state index is -0.0829. The van der Waals surface area contributed by atoms with Gasteiger partial charge < -0.3 is 19.7 Å². The molecule has 1 N–H and O–H groups in total. The van der Waals surface area contributed by atoms with E-state index in [1.807, 2.05) is 14.0 Å². The van der Waals surface area contributed by atoms with E-state index in [1.165, 1.54) is 20.0 Å². The molecule has 132 valence electrons. The van der Waals surface area contributed by atoms with Gasteiger partial charge in [0.2, 0.25) is 0 Å². The average Bonchev–Trinajstić information content (AvgIpc) is 3.35. The normalized spacial score (nSPS) is 21.2. The van der Waals surface area contributed by atoms with Gasteiger partial charge in [-0.2, -0.15) is 0 Å². The third-order valence-electron chi connectivity index (χ3n) is 5.10. The van der Waals surface area contributed by atoms with Crippen molar-refractivity contribution in [2.75, 3.05) is 47.0 Å². The van der Waals surface area contributed by atoms with E-state index in [2.05, 4.69) is 15.2 Å². The van der Waals surface area contributed by atoms with Crippen molar-refractivity contribution in [1.82, 2.24) is 10.2 Å². The fourth-order valence-electron chi connectivity index (χ4n) is 3.22. The maximum Gasteiger partial charge on any atom is 0.308 e. The molecule has 0 radical (unpaired) electrons. The van der Waals surface area contributed by atoms with Crippen molar-refractivity contribution in [1.29, 1.82) is 0 Å². The van der Waals surface area contributed by atoms with Crippen molar-refractivity contribution < 1.29 is 14.3 Å². The number of methoxy groups -OCH3 is 1. The van der Waals surface area contributed by atoms with Gasteiger partial charge in [-0.15, -0.1) is 0 Å². The summed E-state index contributed by atoms with van der Waals surface area (Å²) >= 11 is 0. The SMILES string of the molecule is CCOCCC1(CNC(=NC)N2CCC(C(=O)OC)CC2)CC1. The molecule has 6 nitrogen and oxygen atoms in total. The lowest BCUT2D eigenvalue weighted by Crippen LogP contribution is -2.48. The van der Waals surface area contributed by atoms with Gasteiger partial charge in [-0.05, 0) is 44.4 Å². The molecule has 2 rings (SSSR count). The molecule has 23 heavy (non-hydrogen) atoms. The Balaban J connectivity index is 1.75. The van der Waals surface area contributed by atoms with E-state index in [0.717, 1.165) is 58.1 Å². The second-order valence-electron chi connectivity index (χ2n) is 6.63. The molecule has 0 amide bonds.